The predicted octanol–water partition coefficient (Wildman–Crippen LogP) is 3.09. The summed E-state index contributed by atoms with van der Waals surface area (Å²) >= 11 is 3.46. The van der Waals surface area contributed by atoms with Crippen LogP contribution in [-0.4, -0.2) is 24.4 Å². The fourth-order valence-corrected chi connectivity index (χ4v) is 2.57. The summed E-state index contributed by atoms with van der Waals surface area (Å²) < 4.78 is 5.53. The molecule has 0 radical (unpaired) electrons. The Morgan fingerprint density at radius 2 is 2.32 bits per heavy atom. The molecule has 3 nitrogen and oxygen atoms in total. The lowest BCUT2D eigenvalue weighted by Gasteiger charge is -2.11. The Bertz CT molecular complexity index is 436. The summed E-state index contributed by atoms with van der Waals surface area (Å²) in [5.41, 5.74) is 1.01. The third-order valence-electron chi connectivity index (χ3n) is 3.45. The molecule has 1 aromatic rings. The van der Waals surface area contributed by atoms with E-state index < -0.39 is 0 Å². The van der Waals surface area contributed by atoms with Gasteiger partial charge in [0.25, 0.3) is 0 Å². The summed E-state index contributed by atoms with van der Waals surface area (Å²) in [4.78, 5) is 12.1. The number of rotatable bonds is 6. The van der Waals surface area contributed by atoms with Crippen LogP contribution < -0.4 is 10.1 Å². The smallest absolute Gasteiger partial charge is 0.231 e. The zero-order chi connectivity index (χ0) is 13.7. The first-order valence-electron chi connectivity index (χ1n) is 6.77. The van der Waals surface area contributed by atoms with Crippen LogP contribution in [0.2, 0.25) is 0 Å². The van der Waals surface area contributed by atoms with E-state index in [1.807, 2.05) is 24.3 Å². The van der Waals surface area contributed by atoms with Crippen molar-refractivity contribution >= 4 is 21.8 Å². The summed E-state index contributed by atoms with van der Waals surface area (Å²) in [7, 11) is 0. The summed E-state index contributed by atoms with van der Waals surface area (Å²) in [6.07, 6.45) is 2.15. The van der Waals surface area contributed by atoms with Gasteiger partial charge < -0.3 is 10.1 Å². The maximum atomic E-state index is 12.1. The van der Waals surface area contributed by atoms with Crippen LogP contribution in [0.25, 0.3) is 0 Å². The van der Waals surface area contributed by atoms with E-state index in [9.17, 15) is 4.79 Å². The second kappa shape index (κ2) is 6.94. The normalized spacial score (nSPS) is 18.5. The van der Waals surface area contributed by atoms with Crippen molar-refractivity contribution in [2.24, 2.45) is 5.92 Å². The fraction of sp³-hybridized carbons (Fsp3) is 0.533. The minimum absolute atomic E-state index is 0.0800. The van der Waals surface area contributed by atoms with Crippen molar-refractivity contribution in [1.29, 1.82) is 0 Å². The summed E-state index contributed by atoms with van der Waals surface area (Å²) in [6, 6.07) is 7.77. The van der Waals surface area contributed by atoms with Crippen molar-refractivity contribution in [3.63, 3.8) is 0 Å². The molecule has 1 N–H and O–H groups in total. The van der Waals surface area contributed by atoms with E-state index in [0.717, 1.165) is 36.0 Å². The number of ether oxygens (including phenoxy) is 1. The Labute approximate surface area is 122 Å². The van der Waals surface area contributed by atoms with Crippen LogP contribution in [0.15, 0.2) is 24.3 Å². The van der Waals surface area contributed by atoms with Crippen molar-refractivity contribution in [1.82, 2.24) is 5.32 Å². The highest BCUT2D eigenvalue weighted by Gasteiger charge is 2.29. The summed E-state index contributed by atoms with van der Waals surface area (Å²) in [6.45, 7) is 3.41. The minimum atomic E-state index is -0.148. The molecule has 4 heteroatoms. The summed E-state index contributed by atoms with van der Waals surface area (Å²) in [5, 5.41) is 4.03. The first-order chi connectivity index (χ1) is 9.22. The molecule has 2 unspecified atom stereocenters. The number of para-hydroxylation sites is 1. The van der Waals surface area contributed by atoms with Gasteiger partial charge in [0.15, 0.2) is 0 Å². The van der Waals surface area contributed by atoms with Gasteiger partial charge in [-0.1, -0.05) is 41.1 Å². The predicted molar refractivity (Wildman–Crippen MR) is 79.9 cm³/mol. The first kappa shape index (κ1) is 14.4. The van der Waals surface area contributed by atoms with Crippen molar-refractivity contribution in [3.05, 3.63) is 29.8 Å². The second-order valence-corrected chi connectivity index (χ2v) is 5.74. The third kappa shape index (κ3) is 3.72. The molecule has 1 aliphatic heterocycles. The zero-order valence-electron chi connectivity index (χ0n) is 11.2. The number of hydrogen-bond acceptors (Lipinski definition) is 2. The fourth-order valence-electron chi connectivity index (χ4n) is 2.24. The molecule has 0 saturated heterocycles. The maximum absolute atomic E-state index is 12.1. The monoisotopic (exact) mass is 325 g/mol. The van der Waals surface area contributed by atoms with E-state index in [-0.39, 0.29) is 11.8 Å². The molecule has 1 amide bonds. The molecular formula is C15H20BrNO2. The van der Waals surface area contributed by atoms with Crippen molar-refractivity contribution in [3.8, 4) is 5.75 Å². The van der Waals surface area contributed by atoms with Crippen LogP contribution in [0.5, 0.6) is 5.75 Å². The highest BCUT2D eigenvalue weighted by atomic mass is 79.9. The van der Waals surface area contributed by atoms with Gasteiger partial charge in [0.05, 0.1) is 0 Å². The molecule has 1 aromatic carbocycles. The van der Waals surface area contributed by atoms with Crippen LogP contribution in [0.1, 0.15) is 31.2 Å². The third-order valence-corrected chi connectivity index (χ3v) is 4.56. The molecule has 1 aliphatic rings. The number of hydrogen-bond donors (Lipinski definition) is 1. The molecule has 2 atom stereocenters. The molecule has 0 saturated carbocycles. The Morgan fingerprint density at radius 3 is 3.11 bits per heavy atom. The number of halogens is 1. The SMILES string of the molecule is CC(CBr)CCCNC(=O)C1COc2ccccc21. The van der Waals surface area contributed by atoms with Gasteiger partial charge in [-0.05, 0) is 24.8 Å². The van der Waals surface area contributed by atoms with Crippen LogP contribution in [0.3, 0.4) is 0 Å². The number of fused-ring (bicyclic) bond motifs is 1. The van der Waals surface area contributed by atoms with Gasteiger partial charge in [-0.15, -0.1) is 0 Å². The molecule has 0 aliphatic carbocycles. The van der Waals surface area contributed by atoms with E-state index in [2.05, 4.69) is 28.2 Å². The summed E-state index contributed by atoms with van der Waals surface area (Å²) in [5.74, 6) is 1.43. The van der Waals surface area contributed by atoms with E-state index >= 15 is 0 Å². The van der Waals surface area contributed by atoms with Gasteiger partial charge in [-0.25, -0.2) is 0 Å². The van der Waals surface area contributed by atoms with Gasteiger partial charge in [0.1, 0.15) is 18.3 Å². The van der Waals surface area contributed by atoms with Crippen LogP contribution in [0, 0.1) is 5.92 Å². The number of amides is 1. The molecule has 104 valence electrons. The average molecular weight is 326 g/mol. The van der Waals surface area contributed by atoms with Crippen molar-refractivity contribution in [2.45, 2.75) is 25.7 Å². The Kier molecular flexibility index (Phi) is 5.25. The molecule has 2 rings (SSSR count). The van der Waals surface area contributed by atoms with E-state index in [4.69, 9.17) is 4.74 Å². The molecule has 19 heavy (non-hydrogen) atoms. The average Bonchev–Trinajstić information content (AvgIpc) is 2.87. The van der Waals surface area contributed by atoms with Gasteiger partial charge in [-0.3, -0.25) is 4.79 Å². The number of carbonyl (C=O) groups is 1. The number of nitrogens with one attached hydrogen (secondary N) is 1. The quantitative estimate of drug-likeness (QED) is 0.644. The molecule has 0 fully saturated rings. The topological polar surface area (TPSA) is 38.3 Å². The van der Waals surface area contributed by atoms with Crippen molar-refractivity contribution in [2.75, 3.05) is 18.5 Å². The van der Waals surface area contributed by atoms with Gasteiger partial charge in [-0.2, -0.15) is 0 Å². The van der Waals surface area contributed by atoms with Gasteiger partial charge in [0, 0.05) is 17.4 Å². The van der Waals surface area contributed by atoms with Crippen LogP contribution in [-0.2, 0) is 4.79 Å². The van der Waals surface area contributed by atoms with E-state index in [1.165, 1.54) is 0 Å². The molecule has 0 aromatic heterocycles. The lowest BCUT2D eigenvalue weighted by Crippen LogP contribution is -2.31. The van der Waals surface area contributed by atoms with E-state index in [0.29, 0.717) is 12.5 Å². The van der Waals surface area contributed by atoms with Crippen LogP contribution in [0.4, 0.5) is 0 Å². The standard InChI is InChI=1S/C15H20BrNO2/c1-11(9-16)5-4-8-17-15(18)13-10-19-14-7-3-2-6-12(13)14/h2-3,6-7,11,13H,4-5,8-10H2,1H3,(H,17,18). The first-order valence-corrected chi connectivity index (χ1v) is 7.90. The second-order valence-electron chi connectivity index (χ2n) is 5.09. The van der Waals surface area contributed by atoms with Crippen molar-refractivity contribution < 1.29 is 9.53 Å². The number of carbonyl (C=O) groups excluding carboxylic acids is 1. The lowest BCUT2D eigenvalue weighted by molar-refractivity contribution is -0.122. The van der Waals surface area contributed by atoms with Crippen LogP contribution >= 0.6 is 15.9 Å². The van der Waals surface area contributed by atoms with Gasteiger partial charge >= 0.3 is 0 Å². The highest BCUT2D eigenvalue weighted by molar-refractivity contribution is 9.09. The highest BCUT2D eigenvalue weighted by Crippen LogP contribution is 2.33. The minimum Gasteiger partial charge on any atom is -0.492 e. The zero-order valence-corrected chi connectivity index (χ0v) is 12.8. The number of alkyl halides is 1. The lowest BCUT2D eigenvalue weighted by atomic mass is 10.0. The van der Waals surface area contributed by atoms with E-state index in [1.54, 1.807) is 0 Å². The van der Waals surface area contributed by atoms with Gasteiger partial charge in [0.2, 0.25) is 5.91 Å². The molecular weight excluding hydrogens is 306 g/mol. The largest absolute Gasteiger partial charge is 0.492 e. The Morgan fingerprint density at radius 1 is 1.53 bits per heavy atom. The number of benzene rings is 1. The maximum Gasteiger partial charge on any atom is 0.231 e. The molecule has 1 heterocycles. The molecule has 0 spiro atoms. The molecule has 0 bridgehead atoms. The Balaban J connectivity index is 1.79. The Hall–Kier alpha value is -1.03.